The van der Waals surface area contributed by atoms with Crippen LogP contribution >= 0.6 is 0 Å². The van der Waals surface area contributed by atoms with Crippen molar-refractivity contribution in [2.75, 3.05) is 26.2 Å². The summed E-state index contributed by atoms with van der Waals surface area (Å²) in [6.07, 6.45) is 2.09. The van der Waals surface area contributed by atoms with Crippen molar-refractivity contribution < 1.29 is 9.59 Å². The highest BCUT2D eigenvalue weighted by atomic mass is 16.2. The molecule has 2 bridgehead atoms. The first-order valence-corrected chi connectivity index (χ1v) is 8.04. The lowest BCUT2D eigenvalue weighted by atomic mass is 10.0. The standard InChI is InChI=1S/C17H23N3O2/c1-13(18-16(21)14-5-3-2-4-6-14)17(22)20-12-11-19-9-7-15(20)8-10-19/h2-6,13,15H,7-12H2,1H3,(H,18,21). The number of amides is 2. The highest BCUT2D eigenvalue weighted by molar-refractivity contribution is 5.97. The molecule has 1 aromatic rings. The maximum Gasteiger partial charge on any atom is 0.251 e. The Morgan fingerprint density at radius 2 is 1.77 bits per heavy atom. The minimum absolute atomic E-state index is 0.0398. The first-order chi connectivity index (χ1) is 10.6. The zero-order chi connectivity index (χ0) is 15.5. The summed E-state index contributed by atoms with van der Waals surface area (Å²) in [5.74, 6) is -0.151. The molecule has 3 aliphatic heterocycles. The van der Waals surface area contributed by atoms with E-state index < -0.39 is 6.04 Å². The molecule has 1 aromatic carbocycles. The van der Waals surface area contributed by atoms with Crippen molar-refractivity contribution in [3.63, 3.8) is 0 Å². The number of carbonyl (C=O) groups excluding carboxylic acids is 2. The summed E-state index contributed by atoms with van der Waals surface area (Å²) < 4.78 is 0. The second-order valence-corrected chi connectivity index (χ2v) is 6.17. The summed E-state index contributed by atoms with van der Waals surface area (Å²) >= 11 is 0. The number of fused-ring (bicyclic) bond motifs is 4. The van der Waals surface area contributed by atoms with E-state index in [4.69, 9.17) is 0 Å². The molecule has 0 aliphatic carbocycles. The summed E-state index contributed by atoms with van der Waals surface area (Å²) in [6, 6.07) is 8.88. The van der Waals surface area contributed by atoms with E-state index in [1.165, 1.54) is 0 Å². The van der Waals surface area contributed by atoms with Gasteiger partial charge in [-0.2, -0.15) is 0 Å². The molecule has 22 heavy (non-hydrogen) atoms. The molecule has 5 nitrogen and oxygen atoms in total. The van der Waals surface area contributed by atoms with Crippen molar-refractivity contribution in [3.05, 3.63) is 35.9 Å². The van der Waals surface area contributed by atoms with E-state index in [-0.39, 0.29) is 11.8 Å². The molecule has 0 radical (unpaired) electrons. The van der Waals surface area contributed by atoms with Crippen LogP contribution in [0.15, 0.2) is 30.3 Å². The van der Waals surface area contributed by atoms with E-state index in [9.17, 15) is 9.59 Å². The molecule has 2 amide bonds. The third-order valence-electron chi connectivity index (χ3n) is 4.69. The number of carbonyl (C=O) groups is 2. The number of rotatable bonds is 3. The normalized spacial score (nSPS) is 25.4. The fraction of sp³-hybridized carbons (Fsp3) is 0.529. The van der Waals surface area contributed by atoms with E-state index in [0.717, 1.165) is 39.0 Å². The molecule has 4 rings (SSSR count). The molecule has 0 spiro atoms. The predicted octanol–water partition coefficient (Wildman–Crippen LogP) is 1.11. The minimum atomic E-state index is -0.486. The van der Waals surface area contributed by atoms with Gasteiger partial charge in [0, 0.05) is 37.8 Å². The fourth-order valence-corrected chi connectivity index (χ4v) is 3.36. The van der Waals surface area contributed by atoms with Gasteiger partial charge in [-0.15, -0.1) is 0 Å². The molecule has 1 N–H and O–H groups in total. The Morgan fingerprint density at radius 3 is 2.45 bits per heavy atom. The van der Waals surface area contributed by atoms with Crippen LogP contribution in [-0.2, 0) is 4.79 Å². The van der Waals surface area contributed by atoms with Gasteiger partial charge in [-0.05, 0) is 31.9 Å². The van der Waals surface area contributed by atoms with Gasteiger partial charge in [0.2, 0.25) is 5.91 Å². The number of nitrogens with one attached hydrogen (secondary N) is 1. The Kier molecular flexibility index (Phi) is 4.43. The van der Waals surface area contributed by atoms with E-state index in [2.05, 4.69) is 10.2 Å². The summed E-state index contributed by atoms with van der Waals surface area (Å²) in [5, 5.41) is 2.83. The molecule has 0 aromatic heterocycles. The van der Waals surface area contributed by atoms with Crippen LogP contribution in [0.3, 0.4) is 0 Å². The van der Waals surface area contributed by atoms with Gasteiger partial charge in [0.15, 0.2) is 0 Å². The summed E-state index contributed by atoms with van der Waals surface area (Å²) in [5.41, 5.74) is 0.588. The second kappa shape index (κ2) is 6.48. The van der Waals surface area contributed by atoms with Crippen molar-refractivity contribution in [2.45, 2.75) is 31.8 Å². The van der Waals surface area contributed by atoms with Gasteiger partial charge in [-0.1, -0.05) is 18.2 Å². The average molecular weight is 301 g/mol. The SMILES string of the molecule is CC(NC(=O)c1ccccc1)C(=O)N1CCN2CCC1CC2. The van der Waals surface area contributed by atoms with Gasteiger partial charge in [0.25, 0.3) is 5.91 Å². The fourth-order valence-electron chi connectivity index (χ4n) is 3.36. The van der Waals surface area contributed by atoms with Crippen LogP contribution in [0.2, 0.25) is 0 Å². The van der Waals surface area contributed by atoms with Crippen molar-refractivity contribution in [3.8, 4) is 0 Å². The predicted molar refractivity (Wildman–Crippen MR) is 84.5 cm³/mol. The number of piperidine rings is 1. The number of hydrogen-bond acceptors (Lipinski definition) is 3. The third kappa shape index (κ3) is 3.14. The Labute approximate surface area is 131 Å². The lowest BCUT2D eigenvalue weighted by molar-refractivity contribution is -0.134. The molecule has 3 heterocycles. The lowest BCUT2D eigenvalue weighted by Crippen LogP contribution is -2.51. The van der Waals surface area contributed by atoms with E-state index in [1.54, 1.807) is 19.1 Å². The van der Waals surface area contributed by atoms with Gasteiger partial charge in [0.05, 0.1) is 0 Å². The number of hydrogen-bond donors (Lipinski definition) is 1. The van der Waals surface area contributed by atoms with Crippen LogP contribution in [0.5, 0.6) is 0 Å². The first-order valence-electron chi connectivity index (χ1n) is 8.04. The van der Waals surface area contributed by atoms with Crippen molar-refractivity contribution in [2.24, 2.45) is 0 Å². The van der Waals surface area contributed by atoms with Crippen LogP contribution < -0.4 is 5.32 Å². The van der Waals surface area contributed by atoms with Crippen LogP contribution in [0.1, 0.15) is 30.1 Å². The molecule has 118 valence electrons. The largest absolute Gasteiger partial charge is 0.341 e. The Bertz CT molecular complexity index is 538. The maximum atomic E-state index is 12.7. The number of nitrogens with zero attached hydrogens (tertiary/aromatic N) is 2. The van der Waals surface area contributed by atoms with Crippen LogP contribution in [0.4, 0.5) is 0 Å². The third-order valence-corrected chi connectivity index (χ3v) is 4.69. The zero-order valence-electron chi connectivity index (χ0n) is 13.0. The van der Waals surface area contributed by atoms with Gasteiger partial charge >= 0.3 is 0 Å². The van der Waals surface area contributed by atoms with Crippen molar-refractivity contribution in [1.82, 2.24) is 15.1 Å². The summed E-state index contributed by atoms with van der Waals surface area (Å²) in [4.78, 5) is 29.3. The van der Waals surface area contributed by atoms with Crippen molar-refractivity contribution >= 4 is 11.8 Å². The summed E-state index contributed by atoms with van der Waals surface area (Å²) in [7, 11) is 0. The Hall–Kier alpha value is -1.88. The molecule has 3 aliphatic rings. The van der Waals surface area contributed by atoms with Crippen LogP contribution in [-0.4, -0.2) is 59.9 Å². The Morgan fingerprint density at radius 1 is 1.09 bits per heavy atom. The smallest absolute Gasteiger partial charge is 0.251 e. The average Bonchev–Trinajstić information content (AvgIpc) is 2.88. The topological polar surface area (TPSA) is 52.7 Å². The van der Waals surface area contributed by atoms with Gasteiger partial charge in [0.1, 0.15) is 6.04 Å². The van der Waals surface area contributed by atoms with E-state index in [1.807, 2.05) is 23.1 Å². The van der Waals surface area contributed by atoms with Gasteiger partial charge < -0.3 is 15.1 Å². The Balaban J connectivity index is 1.63. The molecule has 3 fully saturated rings. The molecule has 0 saturated carbocycles. The van der Waals surface area contributed by atoms with E-state index in [0.29, 0.717) is 11.6 Å². The highest BCUT2D eigenvalue weighted by Crippen LogP contribution is 2.21. The lowest BCUT2D eigenvalue weighted by Gasteiger charge is -2.33. The molecule has 3 saturated heterocycles. The molecular weight excluding hydrogens is 278 g/mol. The van der Waals surface area contributed by atoms with Crippen LogP contribution in [0.25, 0.3) is 0 Å². The zero-order valence-corrected chi connectivity index (χ0v) is 13.0. The monoisotopic (exact) mass is 301 g/mol. The molecule has 1 atom stereocenters. The van der Waals surface area contributed by atoms with Crippen LogP contribution in [0, 0.1) is 0 Å². The van der Waals surface area contributed by atoms with Crippen molar-refractivity contribution in [1.29, 1.82) is 0 Å². The van der Waals surface area contributed by atoms with E-state index >= 15 is 0 Å². The van der Waals surface area contributed by atoms with Gasteiger partial charge in [-0.3, -0.25) is 9.59 Å². The maximum absolute atomic E-state index is 12.7. The minimum Gasteiger partial charge on any atom is -0.341 e. The molecule has 5 heteroatoms. The highest BCUT2D eigenvalue weighted by Gasteiger charge is 2.34. The molecule has 1 unspecified atom stereocenters. The summed E-state index contributed by atoms with van der Waals surface area (Å²) in [6.45, 7) is 5.66. The molecular formula is C17H23N3O2. The quantitative estimate of drug-likeness (QED) is 0.910. The number of benzene rings is 1. The van der Waals surface area contributed by atoms with Gasteiger partial charge in [-0.25, -0.2) is 0 Å². The first kappa shape index (κ1) is 15.0. The second-order valence-electron chi connectivity index (χ2n) is 6.17.